The third kappa shape index (κ3) is 11.6. The van der Waals surface area contributed by atoms with Crippen LogP contribution in [0, 0.1) is 0 Å². The number of carbonyl (C=O) groups excluding carboxylic acids is 2. The lowest BCUT2D eigenvalue weighted by Crippen LogP contribution is -2.36. The van der Waals surface area contributed by atoms with Gasteiger partial charge in [0.15, 0.2) is 0 Å². The van der Waals surface area contributed by atoms with Crippen LogP contribution in [-0.4, -0.2) is 45.0 Å². The van der Waals surface area contributed by atoms with Gasteiger partial charge in [0.25, 0.3) is 10.0 Å². The van der Waals surface area contributed by atoms with Crippen molar-refractivity contribution in [3.05, 3.63) is 22.7 Å². The fraction of sp³-hybridized carbons (Fsp3) is 0.619. The summed E-state index contributed by atoms with van der Waals surface area (Å²) in [6.07, 6.45) is 0.578. The monoisotopic (exact) mass is 536 g/mol. The van der Waals surface area contributed by atoms with E-state index in [9.17, 15) is 18.0 Å². The van der Waals surface area contributed by atoms with E-state index in [4.69, 9.17) is 14.2 Å². The molecule has 0 aromatic heterocycles. The van der Waals surface area contributed by atoms with Crippen molar-refractivity contribution in [1.82, 2.24) is 10.0 Å². The van der Waals surface area contributed by atoms with Crippen LogP contribution in [0.2, 0.25) is 0 Å². The predicted molar refractivity (Wildman–Crippen MR) is 124 cm³/mol. The van der Waals surface area contributed by atoms with Gasteiger partial charge in [0, 0.05) is 11.0 Å². The average molecular weight is 537 g/mol. The average Bonchev–Trinajstić information content (AvgIpc) is 2.56. The largest absolute Gasteiger partial charge is 0.492 e. The minimum atomic E-state index is -4.19. The Kier molecular flexibility index (Phi) is 10.3. The zero-order chi connectivity index (χ0) is 24.6. The quantitative estimate of drug-likeness (QED) is 0.437. The molecule has 0 unspecified atom stereocenters. The zero-order valence-corrected chi connectivity index (χ0v) is 21.8. The van der Waals surface area contributed by atoms with Gasteiger partial charge in [-0.25, -0.2) is 22.7 Å². The summed E-state index contributed by atoms with van der Waals surface area (Å²) in [5.41, 5.74) is -1.38. The Balaban J connectivity index is 2.58. The van der Waals surface area contributed by atoms with E-state index in [-0.39, 0.29) is 17.3 Å². The van der Waals surface area contributed by atoms with E-state index in [0.29, 0.717) is 23.9 Å². The summed E-state index contributed by atoms with van der Waals surface area (Å²) < 4.78 is 43.6. The molecule has 0 aliphatic rings. The summed E-state index contributed by atoms with van der Waals surface area (Å²) in [6, 6.07) is 4.41. The van der Waals surface area contributed by atoms with Crippen LogP contribution < -0.4 is 14.8 Å². The third-order valence-electron chi connectivity index (χ3n) is 3.56. The number of hydrogen-bond acceptors (Lipinski definition) is 7. The van der Waals surface area contributed by atoms with Crippen molar-refractivity contribution in [3.63, 3.8) is 0 Å². The molecule has 2 amide bonds. The molecular formula is C21H33BrN2O7S. The van der Waals surface area contributed by atoms with Gasteiger partial charge < -0.3 is 19.5 Å². The fourth-order valence-electron chi connectivity index (χ4n) is 2.37. The van der Waals surface area contributed by atoms with Crippen LogP contribution in [0.5, 0.6) is 5.75 Å². The molecule has 1 aromatic rings. The molecule has 0 aliphatic heterocycles. The summed E-state index contributed by atoms with van der Waals surface area (Å²) in [7, 11) is -4.19. The SMILES string of the molecule is CC(C)(C)OC(=O)NCCCCCOc1cc(Br)ccc1S(=O)(=O)NC(=O)OC(C)(C)C. The summed E-state index contributed by atoms with van der Waals surface area (Å²) in [4.78, 5) is 23.3. The van der Waals surface area contributed by atoms with Crippen molar-refractivity contribution in [2.75, 3.05) is 13.2 Å². The van der Waals surface area contributed by atoms with Crippen LogP contribution in [0.25, 0.3) is 0 Å². The number of amides is 2. The summed E-state index contributed by atoms with van der Waals surface area (Å²) in [6.45, 7) is 11.0. The first-order valence-electron chi connectivity index (χ1n) is 10.2. The molecule has 0 bridgehead atoms. The number of nitrogens with one attached hydrogen (secondary N) is 2. The van der Waals surface area contributed by atoms with Crippen molar-refractivity contribution in [1.29, 1.82) is 0 Å². The standard InChI is InChI=1S/C21H33BrN2O7S/c1-20(2,3)30-18(25)23-12-8-7-9-13-29-16-14-15(22)10-11-17(16)32(27,28)24-19(26)31-21(4,5)6/h10-11,14H,7-9,12-13H2,1-6H3,(H,23,25)(H,24,26). The van der Waals surface area contributed by atoms with E-state index in [1.54, 1.807) is 47.6 Å². The molecule has 0 aliphatic carbocycles. The Labute approximate surface area is 198 Å². The highest BCUT2D eigenvalue weighted by molar-refractivity contribution is 9.10. The van der Waals surface area contributed by atoms with Crippen LogP contribution >= 0.6 is 15.9 Å². The Morgan fingerprint density at radius 3 is 2.12 bits per heavy atom. The van der Waals surface area contributed by atoms with Crippen LogP contribution in [0.15, 0.2) is 27.6 Å². The van der Waals surface area contributed by atoms with E-state index >= 15 is 0 Å². The number of ether oxygens (including phenoxy) is 3. The van der Waals surface area contributed by atoms with Crippen molar-refractivity contribution >= 4 is 38.1 Å². The van der Waals surface area contributed by atoms with Gasteiger partial charge in [0.2, 0.25) is 0 Å². The highest BCUT2D eigenvalue weighted by Gasteiger charge is 2.26. The zero-order valence-electron chi connectivity index (χ0n) is 19.4. The smallest absolute Gasteiger partial charge is 0.421 e. The number of benzene rings is 1. The summed E-state index contributed by atoms with van der Waals surface area (Å²) >= 11 is 3.29. The Bertz CT molecular complexity index is 890. The van der Waals surface area contributed by atoms with E-state index in [0.717, 1.165) is 6.42 Å². The molecule has 0 fully saturated rings. The molecule has 0 spiro atoms. The maximum Gasteiger partial charge on any atom is 0.421 e. The molecule has 9 nitrogen and oxygen atoms in total. The second kappa shape index (κ2) is 11.7. The molecule has 1 rings (SSSR count). The minimum absolute atomic E-state index is 0.113. The van der Waals surface area contributed by atoms with Gasteiger partial charge in [-0.05, 0) is 79.0 Å². The number of rotatable bonds is 9. The first kappa shape index (κ1) is 28.0. The number of hydrogen-bond donors (Lipinski definition) is 2. The lowest BCUT2D eigenvalue weighted by molar-refractivity contribution is 0.0523. The number of alkyl carbamates (subject to hydrolysis) is 1. The number of unbranched alkanes of at least 4 members (excludes halogenated alkanes) is 2. The maximum absolute atomic E-state index is 12.6. The van der Waals surface area contributed by atoms with E-state index in [2.05, 4.69) is 21.2 Å². The molecule has 2 N–H and O–H groups in total. The highest BCUT2D eigenvalue weighted by Crippen LogP contribution is 2.28. The molecule has 0 heterocycles. The van der Waals surface area contributed by atoms with Gasteiger partial charge in [0.05, 0.1) is 6.61 Å². The van der Waals surface area contributed by atoms with Gasteiger partial charge >= 0.3 is 12.2 Å². The lowest BCUT2D eigenvalue weighted by Gasteiger charge is -2.20. The van der Waals surface area contributed by atoms with Crippen molar-refractivity contribution in [2.24, 2.45) is 0 Å². The normalized spacial score (nSPS) is 12.1. The van der Waals surface area contributed by atoms with E-state index in [1.165, 1.54) is 12.1 Å². The first-order chi connectivity index (χ1) is 14.6. The van der Waals surface area contributed by atoms with E-state index in [1.807, 2.05) is 4.72 Å². The van der Waals surface area contributed by atoms with Gasteiger partial charge in [-0.3, -0.25) is 0 Å². The Morgan fingerprint density at radius 1 is 0.938 bits per heavy atom. The minimum Gasteiger partial charge on any atom is -0.492 e. The van der Waals surface area contributed by atoms with Gasteiger partial charge in [-0.1, -0.05) is 15.9 Å². The molecular weight excluding hydrogens is 504 g/mol. The third-order valence-corrected chi connectivity index (χ3v) is 5.40. The number of halogens is 1. The molecule has 182 valence electrons. The molecule has 0 saturated heterocycles. The van der Waals surface area contributed by atoms with Crippen molar-refractivity contribution < 1.29 is 32.2 Å². The second-order valence-electron chi connectivity index (χ2n) is 9.04. The van der Waals surface area contributed by atoms with Gasteiger partial charge in [-0.15, -0.1) is 0 Å². The molecule has 0 atom stereocenters. The Morgan fingerprint density at radius 2 is 1.53 bits per heavy atom. The first-order valence-corrected chi connectivity index (χ1v) is 12.5. The molecule has 32 heavy (non-hydrogen) atoms. The molecule has 11 heteroatoms. The van der Waals surface area contributed by atoms with Crippen LogP contribution in [0.4, 0.5) is 9.59 Å². The predicted octanol–water partition coefficient (Wildman–Crippen LogP) is 4.74. The summed E-state index contributed by atoms with van der Waals surface area (Å²) in [5, 5.41) is 2.68. The summed E-state index contributed by atoms with van der Waals surface area (Å²) in [5.74, 6) is 0.113. The lowest BCUT2D eigenvalue weighted by atomic mass is 10.2. The molecule has 1 aromatic carbocycles. The van der Waals surface area contributed by atoms with E-state index < -0.39 is 33.4 Å². The number of carbonyl (C=O) groups is 2. The van der Waals surface area contributed by atoms with Crippen LogP contribution in [-0.2, 0) is 19.5 Å². The highest BCUT2D eigenvalue weighted by atomic mass is 79.9. The molecule has 0 saturated carbocycles. The van der Waals surface area contributed by atoms with Gasteiger partial charge in [-0.2, -0.15) is 0 Å². The van der Waals surface area contributed by atoms with Crippen LogP contribution in [0.1, 0.15) is 60.8 Å². The topological polar surface area (TPSA) is 120 Å². The maximum atomic E-state index is 12.6. The molecule has 0 radical (unpaired) electrons. The fourth-order valence-corrected chi connectivity index (χ4v) is 3.71. The van der Waals surface area contributed by atoms with Crippen molar-refractivity contribution in [2.45, 2.75) is 76.9 Å². The second-order valence-corrected chi connectivity index (χ2v) is 11.6. The van der Waals surface area contributed by atoms with Crippen LogP contribution in [0.3, 0.4) is 0 Å². The Hall–Kier alpha value is -2.01. The van der Waals surface area contributed by atoms with Gasteiger partial charge in [0.1, 0.15) is 21.8 Å². The van der Waals surface area contributed by atoms with Crippen molar-refractivity contribution in [3.8, 4) is 5.75 Å². The number of sulfonamides is 1.